The lowest BCUT2D eigenvalue weighted by Gasteiger charge is -2.08. The lowest BCUT2D eigenvalue weighted by Crippen LogP contribution is -2.33. The van der Waals surface area contributed by atoms with Crippen LogP contribution in [-0.4, -0.2) is 6.04 Å². The molecule has 0 aliphatic heterocycles. The van der Waals surface area contributed by atoms with Crippen molar-refractivity contribution in [2.75, 3.05) is 0 Å². The molecule has 0 heterocycles. The largest absolute Gasteiger partial charge is 0.271 e. The summed E-state index contributed by atoms with van der Waals surface area (Å²) >= 11 is 0. The van der Waals surface area contributed by atoms with Gasteiger partial charge in [-0.2, -0.15) is 0 Å². The summed E-state index contributed by atoms with van der Waals surface area (Å²) in [6.07, 6.45) is 2.05. The van der Waals surface area contributed by atoms with Crippen LogP contribution in [0.2, 0.25) is 0 Å². The number of hydrogen-bond donors (Lipinski definition) is 2. The molecule has 48 valence electrons. The Balaban J connectivity index is 3.63. The van der Waals surface area contributed by atoms with Crippen molar-refractivity contribution in [3.8, 4) is 0 Å². The van der Waals surface area contributed by atoms with Crippen LogP contribution in [0.1, 0.15) is 20.8 Å². The molecule has 0 aromatic heterocycles. The Morgan fingerprint density at radius 3 is 2.38 bits per heavy atom. The number of nitrogens with two attached hydrogens (primary N) is 1. The Bertz CT molecular complexity index is 86.5. The Morgan fingerprint density at radius 2 is 2.25 bits per heavy atom. The van der Waals surface area contributed by atoms with E-state index in [1.54, 1.807) is 0 Å². The fourth-order valence-corrected chi connectivity index (χ4v) is 0.381. The Kier molecular flexibility index (Phi) is 3.48. The SMILES string of the molecule is C/C=C(/C)C(C)NN. The van der Waals surface area contributed by atoms with Crippen LogP contribution in [0.4, 0.5) is 0 Å². The predicted octanol–water partition coefficient (Wildman–Crippen LogP) is 0.804. The van der Waals surface area contributed by atoms with E-state index in [0.29, 0.717) is 6.04 Å². The summed E-state index contributed by atoms with van der Waals surface area (Å²) in [4.78, 5) is 0. The zero-order valence-electron chi connectivity index (χ0n) is 5.73. The highest BCUT2D eigenvalue weighted by Crippen LogP contribution is 1.96. The molecule has 0 saturated heterocycles. The third-order valence-electron chi connectivity index (χ3n) is 1.39. The van der Waals surface area contributed by atoms with Gasteiger partial charge in [-0.05, 0) is 20.8 Å². The zero-order chi connectivity index (χ0) is 6.57. The maximum absolute atomic E-state index is 5.16. The van der Waals surface area contributed by atoms with Gasteiger partial charge >= 0.3 is 0 Å². The minimum atomic E-state index is 0.306. The first-order chi connectivity index (χ1) is 3.72. The van der Waals surface area contributed by atoms with E-state index in [9.17, 15) is 0 Å². The highest BCUT2D eigenvalue weighted by molar-refractivity contribution is 5.03. The van der Waals surface area contributed by atoms with Gasteiger partial charge in [0.2, 0.25) is 0 Å². The van der Waals surface area contributed by atoms with Gasteiger partial charge in [-0.1, -0.05) is 11.6 Å². The molecular formula is C6H14N2. The van der Waals surface area contributed by atoms with Gasteiger partial charge in [-0.3, -0.25) is 11.3 Å². The maximum atomic E-state index is 5.16. The Labute approximate surface area is 50.7 Å². The van der Waals surface area contributed by atoms with Crippen molar-refractivity contribution in [1.29, 1.82) is 0 Å². The number of allylic oxidation sites excluding steroid dienone is 1. The molecule has 0 aromatic carbocycles. The molecule has 0 spiro atoms. The first-order valence-electron chi connectivity index (χ1n) is 2.81. The molecule has 0 aromatic rings. The van der Waals surface area contributed by atoms with Crippen LogP contribution >= 0.6 is 0 Å². The van der Waals surface area contributed by atoms with Crippen LogP contribution in [0.15, 0.2) is 11.6 Å². The molecule has 0 radical (unpaired) electrons. The molecule has 1 atom stereocenters. The van der Waals surface area contributed by atoms with Crippen molar-refractivity contribution in [2.45, 2.75) is 26.8 Å². The molecule has 3 N–H and O–H groups in total. The lowest BCUT2D eigenvalue weighted by molar-refractivity contribution is 0.638. The van der Waals surface area contributed by atoms with E-state index in [1.165, 1.54) is 5.57 Å². The molecule has 0 aliphatic carbocycles. The van der Waals surface area contributed by atoms with Crippen molar-refractivity contribution < 1.29 is 0 Å². The normalized spacial score (nSPS) is 16.2. The van der Waals surface area contributed by atoms with Gasteiger partial charge in [0.1, 0.15) is 0 Å². The van der Waals surface area contributed by atoms with Crippen LogP contribution in [-0.2, 0) is 0 Å². The summed E-state index contributed by atoms with van der Waals surface area (Å²) < 4.78 is 0. The quantitative estimate of drug-likeness (QED) is 0.316. The van der Waals surface area contributed by atoms with Crippen LogP contribution < -0.4 is 11.3 Å². The second kappa shape index (κ2) is 3.64. The minimum absolute atomic E-state index is 0.306. The van der Waals surface area contributed by atoms with E-state index in [-0.39, 0.29) is 0 Å². The fraction of sp³-hybridized carbons (Fsp3) is 0.667. The van der Waals surface area contributed by atoms with E-state index in [2.05, 4.69) is 5.43 Å². The number of hydrazine groups is 1. The van der Waals surface area contributed by atoms with Crippen LogP contribution in [0.5, 0.6) is 0 Å². The van der Waals surface area contributed by atoms with Gasteiger partial charge in [0.25, 0.3) is 0 Å². The molecule has 1 unspecified atom stereocenters. The summed E-state index contributed by atoms with van der Waals surface area (Å²) in [5.74, 6) is 5.16. The van der Waals surface area contributed by atoms with Crippen molar-refractivity contribution in [3.05, 3.63) is 11.6 Å². The molecule has 0 saturated carbocycles. The number of hydrogen-bond acceptors (Lipinski definition) is 2. The van der Waals surface area contributed by atoms with Gasteiger partial charge in [0.05, 0.1) is 0 Å². The summed E-state index contributed by atoms with van der Waals surface area (Å²) in [7, 11) is 0. The molecule has 0 aliphatic rings. The Hall–Kier alpha value is -0.340. The van der Waals surface area contributed by atoms with Gasteiger partial charge in [0, 0.05) is 6.04 Å². The van der Waals surface area contributed by atoms with Crippen molar-refractivity contribution in [1.82, 2.24) is 5.43 Å². The predicted molar refractivity (Wildman–Crippen MR) is 36.2 cm³/mol. The van der Waals surface area contributed by atoms with Gasteiger partial charge in [-0.25, -0.2) is 0 Å². The zero-order valence-corrected chi connectivity index (χ0v) is 5.73. The molecule has 0 amide bonds. The van der Waals surface area contributed by atoms with Crippen LogP contribution in [0.3, 0.4) is 0 Å². The number of rotatable bonds is 2. The topological polar surface area (TPSA) is 38.0 Å². The molecular weight excluding hydrogens is 100 g/mol. The molecule has 2 heteroatoms. The van der Waals surface area contributed by atoms with E-state index in [4.69, 9.17) is 5.84 Å². The summed E-state index contributed by atoms with van der Waals surface area (Å²) in [6, 6.07) is 0.306. The van der Waals surface area contributed by atoms with E-state index < -0.39 is 0 Å². The maximum Gasteiger partial charge on any atom is 0.0388 e. The Morgan fingerprint density at radius 1 is 1.75 bits per heavy atom. The first kappa shape index (κ1) is 7.66. The standard InChI is InChI=1S/C6H14N2/c1-4-5(2)6(3)8-7/h4,6,8H,7H2,1-3H3/b5-4-. The third-order valence-corrected chi connectivity index (χ3v) is 1.39. The van der Waals surface area contributed by atoms with Crippen molar-refractivity contribution in [2.24, 2.45) is 5.84 Å². The molecule has 2 nitrogen and oxygen atoms in total. The molecule has 0 rings (SSSR count). The summed E-state index contributed by atoms with van der Waals surface area (Å²) in [6.45, 7) is 6.07. The van der Waals surface area contributed by atoms with E-state index in [1.807, 2.05) is 26.8 Å². The second-order valence-corrected chi connectivity index (χ2v) is 1.92. The highest BCUT2D eigenvalue weighted by atomic mass is 15.2. The van der Waals surface area contributed by atoms with E-state index >= 15 is 0 Å². The van der Waals surface area contributed by atoms with Gasteiger partial charge in [-0.15, -0.1) is 0 Å². The second-order valence-electron chi connectivity index (χ2n) is 1.92. The molecule has 0 fully saturated rings. The average molecular weight is 114 g/mol. The lowest BCUT2D eigenvalue weighted by atomic mass is 10.1. The first-order valence-corrected chi connectivity index (χ1v) is 2.81. The van der Waals surface area contributed by atoms with Crippen molar-refractivity contribution in [3.63, 3.8) is 0 Å². The smallest absolute Gasteiger partial charge is 0.0388 e. The summed E-state index contributed by atoms with van der Waals surface area (Å²) in [5, 5.41) is 0. The van der Waals surface area contributed by atoms with E-state index in [0.717, 1.165) is 0 Å². The monoisotopic (exact) mass is 114 g/mol. The third kappa shape index (κ3) is 2.09. The van der Waals surface area contributed by atoms with Crippen molar-refractivity contribution >= 4 is 0 Å². The number of nitrogens with one attached hydrogen (secondary N) is 1. The summed E-state index contributed by atoms with van der Waals surface area (Å²) in [5.41, 5.74) is 3.92. The highest BCUT2D eigenvalue weighted by Gasteiger charge is 1.96. The van der Waals surface area contributed by atoms with Gasteiger partial charge < -0.3 is 0 Å². The fourth-order valence-electron chi connectivity index (χ4n) is 0.381. The average Bonchev–Trinajstić information content (AvgIpc) is 1.84. The van der Waals surface area contributed by atoms with Crippen LogP contribution in [0.25, 0.3) is 0 Å². The molecule has 0 bridgehead atoms. The van der Waals surface area contributed by atoms with Crippen LogP contribution in [0, 0.1) is 0 Å². The minimum Gasteiger partial charge on any atom is -0.271 e. The molecule has 8 heavy (non-hydrogen) atoms. The van der Waals surface area contributed by atoms with Gasteiger partial charge in [0.15, 0.2) is 0 Å².